The number of anilines is 1. The Morgan fingerprint density at radius 2 is 1.90 bits per heavy atom. The molecule has 1 atom stereocenters. The van der Waals surface area contributed by atoms with Gasteiger partial charge in [0.2, 0.25) is 0 Å². The van der Waals surface area contributed by atoms with Gasteiger partial charge in [0.25, 0.3) is 0 Å². The molecule has 3 heterocycles. The van der Waals surface area contributed by atoms with E-state index in [1.54, 1.807) is 11.3 Å². The maximum absolute atomic E-state index is 13.6. The van der Waals surface area contributed by atoms with Gasteiger partial charge in [-0.05, 0) is 60.7 Å². The van der Waals surface area contributed by atoms with Crippen LogP contribution in [0.25, 0.3) is 5.69 Å². The second kappa shape index (κ2) is 7.50. The van der Waals surface area contributed by atoms with Crippen LogP contribution in [0.5, 0.6) is 0 Å². The van der Waals surface area contributed by atoms with Gasteiger partial charge >= 0.3 is 6.03 Å². The van der Waals surface area contributed by atoms with E-state index < -0.39 is 0 Å². The summed E-state index contributed by atoms with van der Waals surface area (Å²) in [5.41, 5.74) is 6.45. The second-order valence-corrected chi connectivity index (χ2v) is 8.71. The predicted molar refractivity (Wildman–Crippen MR) is 122 cm³/mol. The van der Waals surface area contributed by atoms with Crippen molar-refractivity contribution in [1.82, 2.24) is 9.47 Å². The van der Waals surface area contributed by atoms with Gasteiger partial charge in [-0.3, -0.25) is 0 Å². The Morgan fingerprint density at radius 3 is 2.70 bits per heavy atom. The van der Waals surface area contributed by atoms with Crippen LogP contribution in [0.4, 0.5) is 10.5 Å². The topological polar surface area (TPSA) is 37.3 Å². The molecular weight excluding hydrogens is 390 g/mol. The fraction of sp³-hybridized carbons (Fsp3) is 0.160. The van der Waals surface area contributed by atoms with Crippen molar-refractivity contribution in [3.05, 3.63) is 106 Å². The van der Waals surface area contributed by atoms with Crippen LogP contribution in [0.2, 0.25) is 0 Å². The van der Waals surface area contributed by atoms with E-state index >= 15 is 0 Å². The summed E-state index contributed by atoms with van der Waals surface area (Å²) in [5, 5.41) is 5.23. The summed E-state index contributed by atoms with van der Waals surface area (Å²) in [4.78, 5) is 16.7. The molecule has 30 heavy (non-hydrogen) atoms. The third kappa shape index (κ3) is 3.21. The molecule has 5 rings (SSSR count). The van der Waals surface area contributed by atoms with Crippen LogP contribution in [0.1, 0.15) is 33.3 Å². The number of carbonyl (C=O) groups is 1. The van der Waals surface area contributed by atoms with Gasteiger partial charge in [-0.1, -0.05) is 42.0 Å². The first-order valence-corrected chi connectivity index (χ1v) is 10.9. The van der Waals surface area contributed by atoms with Crippen molar-refractivity contribution >= 4 is 23.1 Å². The average Bonchev–Trinajstić information content (AvgIpc) is 3.41. The number of urea groups is 1. The molecule has 150 valence electrons. The molecule has 0 spiro atoms. The Balaban J connectivity index is 1.61. The molecule has 0 radical (unpaired) electrons. The van der Waals surface area contributed by atoms with Crippen LogP contribution in [-0.4, -0.2) is 15.5 Å². The monoisotopic (exact) mass is 413 g/mol. The molecule has 0 saturated carbocycles. The van der Waals surface area contributed by atoms with Crippen LogP contribution < -0.4 is 5.32 Å². The van der Waals surface area contributed by atoms with Crippen molar-refractivity contribution < 1.29 is 4.79 Å². The van der Waals surface area contributed by atoms with Crippen LogP contribution >= 0.6 is 11.3 Å². The molecule has 4 aromatic rings. The molecular formula is C25H23N3OS. The standard InChI is InChI=1S/C25H23N3OS/c1-17-11-12-20(18(2)15-17)26-25(29)28-16-19-7-3-4-8-21(19)27-13-5-9-22(27)24(28)23-10-6-14-30-23/h3-15,24H,16H2,1-2H3,(H,26,29)/t24-/m0/s1. The first-order chi connectivity index (χ1) is 14.6. The zero-order valence-electron chi connectivity index (χ0n) is 17.0. The lowest BCUT2D eigenvalue weighted by molar-refractivity contribution is 0.195. The highest BCUT2D eigenvalue weighted by molar-refractivity contribution is 7.10. The Bertz CT molecular complexity index is 1210. The first-order valence-electron chi connectivity index (χ1n) is 10.1. The summed E-state index contributed by atoms with van der Waals surface area (Å²) in [6, 6.07) is 22.5. The van der Waals surface area contributed by atoms with Crippen LogP contribution in [0, 0.1) is 13.8 Å². The lowest BCUT2D eigenvalue weighted by Crippen LogP contribution is -2.37. The number of benzene rings is 2. The van der Waals surface area contributed by atoms with Crippen LogP contribution in [0.15, 0.2) is 78.3 Å². The van der Waals surface area contributed by atoms with Crippen molar-refractivity contribution in [2.75, 3.05) is 5.32 Å². The van der Waals surface area contributed by atoms with Gasteiger partial charge in [0, 0.05) is 16.8 Å². The molecule has 4 nitrogen and oxygen atoms in total. The summed E-state index contributed by atoms with van der Waals surface area (Å²) in [6.45, 7) is 4.63. The summed E-state index contributed by atoms with van der Waals surface area (Å²) in [6.07, 6.45) is 2.08. The minimum absolute atomic E-state index is 0.0928. The zero-order valence-corrected chi connectivity index (χ0v) is 17.8. The smallest absolute Gasteiger partial charge is 0.318 e. The summed E-state index contributed by atoms with van der Waals surface area (Å²) >= 11 is 1.68. The Kier molecular flexibility index (Phi) is 4.68. The highest BCUT2D eigenvalue weighted by Gasteiger charge is 2.33. The highest BCUT2D eigenvalue weighted by atomic mass is 32.1. The minimum atomic E-state index is -0.154. The SMILES string of the molecule is Cc1ccc(NC(=O)N2Cc3ccccc3-n3cccc3[C@H]2c2cccs2)c(C)c1. The Hall–Kier alpha value is -3.31. The van der Waals surface area contributed by atoms with Crippen molar-refractivity contribution in [3.8, 4) is 5.69 Å². The molecule has 1 N–H and O–H groups in total. The van der Waals surface area contributed by atoms with Gasteiger partial charge in [0.15, 0.2) is 0 Å². The number of nitrogens with one attached hydrogen (secondary N) is 1. The number of aryl methyl sites for hydroxylation is 2. The van der Waals surface area contributed by atoms with E-state index in [1.807, 2.05) is 42.2 Å². The zero-order chi connectivity index (χ0) is 20.7. The van der Waals surface area contributed by atoms with Gasteiger partial charge in [-0.15, -0.1) is 11.3 Å². The first kappa shape index (κ1) is 18.7. The number of nitrogens with zero attached hydrogens (tertiary/aromatic N) is 2. The number of aromatic nitrogens is 1. The van der Waals surface area contributed by atoms with Crippen molar-refractivity contribution in [1.29, 1.82) is 0 Å². The van der Waals surface area contributed by atoms with E-state index in [1.165, 1.54) is 5.56 Å². The predicted octanol–water partition coefficient (Wildman–Crippen LogP) is 6.29. The molecule has 0 unspecified atom stereocenters. The van der Waals surface area contributed by atoms with Crippen LogP contribution in [-0.2, 0) is 6.54 Å². The number of fused-ring (bicyclic) bond motifs is 3. The number of amides is 2. The van der Waals surface area contributed by atoms with Gasteiger partial charge in [0.05, 0.1) is 17.9 Å². The molecule has 0 bridgehead atoms. The summed E-state index contributed by atoms with van der Waals surface area (Å²) in [7, 11) is 0. The fourth-order valence-electron chi connectivity index (χ4n) is 4.23. The van der Waals surface area contributed by atoms with Gasteiger partial charge in [0.1, 0.15) is 6.04 Å². The van der Waals surface area contributed by atoms with Crippen molar-refractivity contribution in [2.45, 2.75) is 26.4 Å². The number of hydrogen-bond acceptors (Lipinski definition) is 2. The average molecular weight is 414 g/mol. The van der Waals surface area contributed by atoms with E-state index in [0.29, 0.717) is 6.54 Å². The molecule has 1 aliphatic rings. The van der Waals surface area contributed by atoms with Gasteiger partial charge in [-0.2, -0.15) is 0 Å². The fourth-order valence-corrected chi connectivity index (χ4v) is 5.07. The lowest BCUT2D eigenvalue weighted by Gasteiger charge is -2.30. The number of thiophene rings is 1. The number of carbonyl (C=O) groups excluding carboxylic acids is 1. The van der Waals surface area contributed by atoms with E-state index in [9.17, 15) is 4.79 Å². The number of hydrogen-bond donors (Lipinski definition) is 1. The molecule has 5 heteroatoms. The molecule has 2 aromatic heterocycles. The normalized spacial score (nSPS) is 15.3. The second-order valence-electron chi connectivity index (χ2n) is 7.73. The maximum atomic E-state index is 13.6. The molecule has 1 aliphatic heterocycles. The molecule has 2 aromatic carbocycles. The van der Waals surface area contributed by atoms with Gasteiger partial charge < -0.3 is 14.8 Å². The van der Waals surface area contributed by atoms with E-state index in [4.69, 9.17) is 0 Å². The van der Waals surface area contributed by atoms with Crippen LogP contribution in [0.3, 0.4) is 0 Å². The number of para-hydroxylation sites is 1. The molecule has 0 saturated heterocycles. The molecule has 0 fully saturated rings. The highest BCUT2D eigenvalue weighted by Crippen LogP contribution is 2.38. The third-order valence-corrected chi connectivity index (χ3v) is 6.59. The van der Waals surface area contributed by atoms with E-state index in [0.717, 1.165) is 33.1 Å². The maximum Gasteiger partial charge on any atom is 0.323 e. The Labute approximate surface area is 180 Å². The third-order valence-electron chi connectivity index (χ3n) is 5.66. The molecule has 2 amide bonds. The van der Waals surface area contributed by atoms with E-state index in [2.05, 4.69) is 64.8 Å². The quantitative estimate of drug-likeness (QED) is 0.412. The minimum Gasteiger partial charge on any atom is -0.318 e. The van der Waals surface area contributed by atoms with E-state index in [-0.39, 0.29) is 12.1 Å². The van der Waals surface area contributed by atoms with Crippen molar-refractivity contribution in [2.24, 2.45) is 0 Å². The Morgan fingerprint density at radius 1 is 1.03 bits per heavy atom. The summed E-state index contributed by atoms with van der Waals surface area (Å²) < 4.78 is 2.21. The molecule has 0 aliphatic carbocycles. The largest absolute Gasteiger partial charge is 0.323 e. The number of rotatable bonds is 2. The lowest BCUT2D eigenvalue weighted by atomic mass is 10.1. The van der Waals surface area contributed by atoms with Crippen molar-refractivity contribution in [3.63, 3.8) is 0 Å². The summed E-state index contributed by atoms with van der Waals surface area (Å²) in [5.74, 6) is 0. The van der Waals surface area contributed by atoms with Gasteiger partial charge in [-0.25, -0.2) is 4.79 Å².